The van der Waals surface area contributed by atoms with E-state index >= 15 is 0 Å². The highest BCUT2D eigenvalue weighted by Crippen LogP contribution is 2.24. The zero-order valence-electron chi connectivity index (χ0n) is 24.6. The van der Waals surface area contributed by atoms with Crippen LogP contribution in [0.5, 0.6) is 0 Å². The number of nitrogens with zero attached hydrogens (tertiary/aromatic N) is 2. The van der Waals surface area contributed by atoms with Crippen molar-refractivity contribution in [2.45, 2.75) is 64.8 Å². The lowest BCUT2D eigenvalue weighted by Gasteiger charge is -2.19. The first kappa shape index (κ1) is 28.4. The first-order chi connectivity index (χ1) is 19.9. The second-order valence-corrected chi connectivity index (χ2v) is 12.0. The Balaban J connectivity index is 1.09. The molecule has 0 saturated heterocycles. The molecule has 4 heteroatoms. The number of imidazole rings is 1. The number of unbranched alkanes of at least 4 members (excludes halogenated alkanes) is 2. The number of fused-ring (bicyclic) bond motifs is 1. The summed E-state index contributed by atoms with van der Waals surface area (Å²) in [5.74, 6) is 1.21. The van der Waals surface area contributed by atoms with Crippen molar-refractivity contribution in [1.29, 1.82) is 0 Å². The number of carbonyl (C=O) groups excluding carboxylic acids is 1. The Labute approximate surface area is 244 Å². The second kappa shape index (κ2) is 13.0. The lowest BCUT2D eigenvalue weighted by molar-refractivity contribution is -0.120. The molecule has 0 saturated carbocycles. The molecule has 41 heavy (non-hydrogen) atoms. The summed E-state index contributed by atoms with van der Waals surface area (Å²) in [5, 5.41) is 3.10. The van der Waals surface area contributed by atoms with Gasteiger partial charge in [-0.3, -0.25) is 4.79 Å². The Kier molecular flexibility index (Phi) is 8.98. The van der Waals surface area contributed by atoms with E-state index in [1.165, 1.54) is 27.8 Å². The number of hydrogen-bond donors (Lipinski definition) is 1. The smallest absolute Gasteiger partial charge is 0.224 e. The van der Waals surface area contributed by atoms with Crippen LogP contribution in [0.25, 0.3) is 22.2 Å². The Bertz CT molecular complexity index is 1560. The van der Waals surface area contributed by atoms with Crippen molar-refractivity contribution in [3.63, 3.8) is 0 Å². The van der Waals surface area contributed by atoms with E-state index in [9.17, 15) is 4.79 Å². The normalized spacial score (nSPS) is 11.6. The van der Waals surface area contributed by atoms with Gasteiger partial charge in [0.25, 0.3) is 0 Å². The monoisotopic (exact) mass is 543 g/mol. The number of aromatic nitrogens is 2. The molecule has 1 N–H and O–H groups in total. The van der Waals surface area contributed by atoms with Gasteiger partial charge in [-0.15, -0.1) is 0 Å². The fourth-order valence-electron chi connectivity index (χ4n) is 5.29. The van der Waals surface area contributed by atoms with Crippen molar-refractivity contribution < 1.29 is 4.79 Å². The lowest BCUT2D eigenvalue weighted by atomic mass is 9.87. The molecular weight excluding hydrogens is 502 g/mol. The van der Waals surface area contributed by atoms with Crippen molar-refractivity contribution in [2.24, 2.45) is 0 Å². The summed E-state index contributed by atoms with van der Waals surface area (Å²) < 4.78 is 2.37. The minimum atomic E-state index is 0.0803. The second-order valence-electron chi connectivity index (χ2n) is 12.0. The molecule has 1 heterocycles. The lowest BCUT2D eigenvalue weighted by Crippen LogP contribution is -2.26. The highest BCUT2D eigenvalue weighted by molar-refractivity contribution is 5.79. The zero-order valence-corrected chi connectivity index (χ0v) is 24.6. The van der Waals surface area contributed by atoms with Crippen molar-refractivity contribution in [2.75, 3.05) is 6.54 Å². The van der Waals surface area contributed by atoms with Crippen LogP contribution in [0, 0.1) is 0 Å². The van der Waals surface area contributed by atoms with E-state index in [1.807, 2.05) is 30.3 Å². The van der Waals surface area contributed by atoms with Crippen LogP contribution < -0.4 is 5.32 Å². The Morgan fingerprint density at radius 1 is 0.732 bits per heavy atom. The van der Waals surface area contributed by atoms with E-state index in [4.69, 9.17) is 4.98 Å². The van der Waals surface area contributed by atoms with Gasteiger partial charge in [0.15, 0.2) is 0 Å². The molecule has 0 aliphatic rings. The molecular formula is C37H41N3O. The minimum absolute atomic E-state index is 0.0803. The Morgan fingerprint density at radius 3 is 2.12 bits per heavy atom. The predicted octanol–water partition coefficient (Wildman–Crippen LogP) is 8.12. The van der Waals surface area contributed by atoms with Gasteiger partial charge in [0, 0.05) is 19.5 Å². The SMILES string of the molecule is CC(C)(C)c1ccc(Cn2c(CCCCCNC(=O)Cc3ccc(-c4ccccc4)cc3)nc3ccccc32)cc1. The van der Waals surface area contributed by atoms with Crippen LogP contribution in [-0.2, 0) is 29.6 Å². The van der Waals surface area contributed by atoms with Crippen LogP contribution >= 0.6 is 0 Å². The van der Waals surface area contributed by atoms with Gasteiger partial charge < -0.3 is 9.88 Å². The third-order valence-electron chi connectivity index (χ3n) is 7.72. The first-order valence-electron chi connectivity index (χ1n) is 14.8. The van der Waals surface area contributed by atoms with Crippen LogP contribution in [-0.4, -0.2) is 22.0 Å². The van der Waals surface area contributed by atoms with Crippen molar-refractivity contribution in [3.8, 4) is 11.1 Å². The van der Waals surface area contributed by atoms with Crippen molar-refractivity contribution >= 4 is 16.9 Å². The summed E-state index contributed by atoms with van der Waals surface area (Å²) in [7, 11) is 0. The van der Waals surface area contributed by atoms with E-state index in [0.717, 1.165) is 49.1 Å². The molecule has 4 nitrogen and oxygen atoms in total. The number of nitrogens with one attached hydrogen (secondary N) is 1. The number of rotatable bonds is 11. The Morgan fingerprint density at radius 2 is 1.39 bits per heavy atom. The van der Waals surface area contributed by atoms with Crippen molar-refractivity contribution in [1.82, 2.24) is 14.9 Å². The van der Waals surface area contributed by atoms with Crippen LogP contribution in [0.4, 0.5) is 0 Å². The van der Waals surface area contributed by atoms with Gasteiger partial charge in [-0.25, -0.2) is 4.98 Å². The van der Waals surface area contributed by atoms with Gasteiger partial charge >= 0.3 is 0 Å². The molecule has 0 bridgehead atoms. The van der Waals surface area contributed by atoms with E-state index in [-0.39, 0.29) is 11.3 Å². The molecule has 5 aromatic rings. The first-order valence-corrected chi connectivity index (χ1v) is 14.8. The molecule has 0 spiro atoms. The average Bonchev–Trinajstić information content (AvgIpc) is 3.32. The van der Waals surface area contributed by atoms with Crippen LogP contribution in [0.2, 0.25) is 0 Å². The number of aryl methyl sites for hydroxylation is 1. The molecule has 0 atom stereocenters. The molecule has 1 amide bonds. The largest absolute Gasteiger partial charge is 0.356 e. The topological polar surface area (TPSA) is 46.9 Å². The van der Waals surface area contributed by atoms with Gasteiger partial charge in [0.2, 0.25) is 5.91 Å². The molecule has 5 rings (SSSR count). The fraction of sp³-hybridized carbons (Fsp3) is 0.297. The number of para-hydroxylation sites is 2. The number of amides is 1. The van der Waals surface area contributed by atoms with E-state index in [2.05, 4.69) is 103 Å². The van der Waals surface area contributed by atoms with Gasteiger partial charge in [-0.1, -0.05) is 118 Å². The maximum absolute atomic E-state index is 12.5. The minimum Gasteiger partial charge on any atom is -0.356 e. The third kappa shape index (κ3) is 7.52. The van der Waals surface area contributed by atoms with Gasteiger partial charge in [0.05, 0.1) is 17.5 Å². The van der Waals surface area contributed by atoms with Crippen LogP contribution in [0.15, 0.2) is 103 Å². The third-order valence-corrected chi connectivity index (χ3v) is 7.72. The van der Waals surface area contributed by atoms with Gasteiger partial charge in [0.1, 0.15) is 5.82 Å². The molecule has 210 valence electrons. The summed E-state index contributed by atoms with van der Waals surface area (Å²) in [5.41, 5.74) is 8.43. The summed E-state index contributed by atoms with van der Waals surface area (Å²) in [6.45, 7) is 8.28. The number of benzene rings is 4. The molecule has 0 aliphatic carbocycles. The van der Waals surface area contributed by atoms with Gasteiger partial charge in [-0.05, 0) is 58.2 Å². The highest BCUT2D eigenvalue weighted by atomic mass is 16.1. The maximum atomic E-state index is 12.5. The summed E-state index contributed by atoms with van der Waals surface area (Å²) in [6.07, 6.45) is 4.40. The molecule has 0 radical (unpaired) electrons. The van der Waals surface area contributed by atoms with E-state index in [0.29, 0.717) is 13.0 Å². The number of hydrogen-bond acceptors (Lipinski definition) is 2. The quantitative estimate of drug-likeness (QED) is 0.171. The summed E-state index contributed by atoms with van der Waals surface area (Å²) >= 11 is 0. The maximum Gasteiger partial charge on any atom is 0.224 e. The molecule has 0 unspecified atom stereocenters. The van der Waals surface area contributed by atoms with E-state index in [1.54, 1.807) is 0 Å². The average molecular weight is 544 g/mol. The molecule has 1 aromatic heterocycles. The zero-order chi connectivity index (χ0) is 28.7. The summed E-state index contributed by atoms with van der Waals surface area (Å²) in [6, 6.07) is 36.0. The molecule has 4 aromatic carbocycles. The van der Waals surface area contributed by atoms with Crippen molar-refractivity contribution in [3.05, 3.63) is 126 Å². The van der Waals surface area contributed by atoms with Crippen LogP contribution in [0.3, 0.4) is 0 Å². The Hall–Kier alpha value is -4.18. The molecule has 0 aliphatic heterocycles. The predicted molar refractivity (Wildman–Crippen MR) is 170 cm³/mol. The standard InChI is InChI=1S/C37H41N3O/c1-37(2,3)32-23-19-29(20-24-32)27-40-34-15-10-9-14-33(34)39-35(40)16-8-5-11-25-38-36(41)26-28-17-21-31(22-18-28)30-12-6-4-7-13-30/h4,6-7,9-10,12-15,17-24H,5,8,11,16,25-27H2,1-3H3,(H,38,41). The summed E-state index contributed by atoms with van der Waals surface area (Å²) in [4.78, 5) is 17.5. The van der Waals surface area contributed by atoms with Gasteiger partial charge in [-0.2, -0.15) is 0 Å². The molecule has 0 fully saturated rings. The highest BCUT2D eigenvalue weighted by Gasteiger charge is 2.14. The fourth-order valence-corrected chi connectivity index (χ4v) is 5.29. The van der Waals surface area contributed by atoms with E-state index < -0.39 is 0 Å². The number of carbonyl (C=O) groups is 1. The van der Waals surface area contributed by atoms with Crippen LogP contribution in [0.1, 0.15) is 62.5 Å².